The van der Waals surface area contributed by atoms with E-state index in [9.17, 15) is 0 Å². The lowest BCUT2D eigenvalue weighted by Crippen LogP contribution is -1.96. The molecule has 0 atom stereocenters. The summed E-state index contributed by atoms with van der Waals surface area (Å²) >= 11 is 0. The van der Waals surface area contributed by atoms with Crippen molar-refractivity contribution in [3.63, 3.8) is 0 Å². The molecule has 4 aromatic rings. The van der Waals surface area contributed by atoms with E-state index in [-0.39, 0.29) is 0 Å². The molecule has 0 saturated heterocycles. The van der Waals surface area contributed by atoms with Gasteiger partial charge in [0.15, 0.2) is 5.82 Å². The molecule has 0 aliphatic heterocycles. The standard InChI is InChI=1S/C19H14N4/c1-13-7-8-17(22-18(13)14-5-3-2-4-6-14)19-21-12-15-11-20-10-9-16(15)23-19/h2-12H,1H3. The topological polar surface area (TPSA) is 51.6 Å². The SMILES string of the molecule is Cc1ccc(-c2ncc3cnccc3n2)nc1-c1ccccc1. The molecule has 0 bridgehead atoms. The van der Waals surface area contributed by atoms with Crippen LogP contribution in [0.2, 0.25) is 0 Å². The highest BCUT2D eigenvalue weighted by atomic mass is 14.9. The van der Waals surface area contributed by atoms with E-state index in [0.29, 0.717) is 5.82 Å². The van der Waals surface area contributed by atoms with Gasteiger partial charge >= 0.3 is 0 Å². The normalized spacial score (nSPS) is 10.8. The molecule has 0 spiro atoms. The lowest BCUT2D eigenvalue weighted by Gasteiger charge is -2.08. The number of aryl methyl sites for hydroxylation is 1. The maximum Gasteiger partial charge on any atom is 0.178 e. The lowest BCUT2D eigenvalue weighted by atomic mass is 10.1. The van der Waals surface area contributed by atoms with Crippen molar-refractivity contribution >= 4 is 10.9 Å². The molecule has 110 valence electrons. The molecule has 0 aliphatic carbocycles. The molecule has 4 nitrogen and oxygen atoms in total. The smallest absolute Gasteiger partial charge is 0.178 e. The van der Waals surface area contributed by atoms with Gasteiger partial charge in [0.25, 0.3) is 0 Å². The van der Waals surface area contributed by atoms with Gasteiger partial charge in [-0.15, -0.1) is 0 Å². The van der Waals surface area contributed by atoms with Gasteiger partial charge in [-0.3, -0.25) is 4.98 Å². The molecule has 4 heteroatoms. The van der Waals surface area contributed by atoms with Gasteiger partial charge in [-0.25, -0.2) is 15.0 Å². The van der Waals surface area contributed by atoms with Crippen LogP contribution in [0.25, 0.3) is 33.7 Å². The van der Waals surface area contributed by atoms with Crippen molar-refractivity contribution in [1.82, 2.24) is 19.9 Å². The van der Waals surface area contributed by atoms with E-state index in [0.717, 1.165) is 33.4 Å². The molecule has 0 radical (unpaired) electrons. The predicted octanol–water partition coefficient (Wildman–Crippen LogP) is 4.06. The van der Waals surface area contributed by atoms with Crippen molar-refractivity contribution in [3.05, 3.63) is 72.7 Å². The van der Waals surface area contributed by atoms with E-state index in [1.165, 1.54) is 0 Å². The van der Waals surface area contributed by atoms with E-state index < -0.39 is 0 Å². The number of rotatable bonds is 2. The minimum absolute atomic E-state index is 0.626. The van der Waals surface area contributed by atoms with Crippen LogP contribution < -0.4 is 0 Å². The van der Waals surface area contributed by atoms with Gasteiger partial charge in [0.2, 0.25) is 0 Å². The van der Waals surface area contributed by atoms with Crippen LogP contribution >= 0.6 is 0 Å². The molecule has 0 amide bonds. The van der Waals surface area contributed by atoms with Crippen LogP contribution in [0.1, 0.15) is 5.56 Å². The van der Waals surface area contributed by atoms with Crippen molar-refractivity contribution in [1.29, 1.82) is 0 Å². The Morgan fingerprint density at radius 2 is 1.70 bits per heavy atom. The largest absolute Gasteiger partial charge is 0.264 e. The first-order chi connectivity index (χ1) is 11.3. The number of aromatic nitrogens is 4. The third-order valence-electron chi connectivity index (χ3n) is 3.75. The van der Waals surface area contributed by atoms with E-state index in [1.807, 2.05) is 30.3 Å². The number of hydrogen-bond donors (Lipinski definition) is 0. The monoisotopic (exact) mass is 298 g/mol. The van der Waals surface area contributed by atoms with Gasteiger partial charge in [-0.2, -0.15) is 0 Å². The number of benzene rings is 1. The van der Waals surface area contributed by atoms with Crippen molar-refractivity contribution in [2.45, 2.75) is 6.92 Å². The zero-order chi connectivity index (χ0) is 15.6. The van der Waals surface area contributed by atoms with Crippen LogP contribution in [-0.2, 0) is 0 Å². The summed E-state index contributed by atoms with van der Waals surface area (Å²) in [5.74, 6) is 0.626. The molecule has 3 aromatic heterocycles. The van der Waals surface area contributed by atoms with Gasteiger partial charge in [0.05, 0.1) is 11.2 Å². The molecule has 0 N–H and O–H groups in total. The Hall–Kier alpha value is -3.14. The maximum atomic E-state index is 4.78. The van der Waals surface area contributed by atoms with Crippen LogP contribution in [0.15, 0.2) is 67.1 Å². The summed E-state index contributed by atoms with van der Waals surface area (Å²) in [6.45, 7) is 2.06. The van der Waals surface area contributed by atoms with E-state index in [1.54, 1.807) is 18.6 Å². The molecule has 0 fully saturated rings. The Balaban J connectivity index is 1.85. The van der Waals surface area contributed by atoms with Crippen LogP contribution in [0.4, 0.5) is 0 Å². The molecule has 0 unspecified atom stereocenters. The fraction of sp³-hybridized carbons (Fsp3) is 0.0526. The van der Waals surface area contributed by atoms with Gasteiger partial charge < -0.3 is 0 Å². The highest BCUT2D eigenvalue weighted by Gasteiger charge is 2.09. The van der Waals surface area contributed by atoms with Crippen LogP contribution in [0, 0.1) is 6.92 Å². The Kier molecular flexibility index (Phi) is 3.27. The average Bonchev–Trinajstić information content (AvgIpc) is 2.62. The Bertz CT molecular complexity index is 981. The summed E-state index contributed by atoms with van der Waals surface area (Å²) in [6, 6.07) is 16.1. The summed E-state index contributed by atoms with van der Waals surface area (Å²) in [4.78, 5) is 17.9. The lowest BCUT2D eigenvalue weighted by molar-refractivity contribution is 1.16. The van der Waals surface area contributed by atoms with E-state index in [2.05, 4.69) is 40.1 Å². The van der Waals surface area contributed by atoms with Gasteiger partial charge in [0, 0.05) is 29.5 Å². The van der Waals surface area contributed by atoms with Crippen molar-refractivity contribution < 1.29 is 0 Å². The van der Waals surface area contributed by atoms with Crippen LogP contribution in [0.5, 0.6) is 0 Å². The highest BCUT2D eigenvalue weighted by molar-refractivity contribution is 5.78. The maximum absolute atomic E-state index is 4.78. The molecule has 3 heterocycles. The zero-order valence-electron chi connectivity index (χ0n) is 12.6. The summed E-state index contributed by atoms with van der Waals surface area (Å²) in [5, 5.41) is 0.923. The van der Waals surface area contributed by atoms with Crippen LogP contribution in [-0.4, -0.2) is 19.9 Å². The molecule has 0 saturated carbocycles. The summed E-state index contributed by atoms with van der Waals surface area (Å²) < 4.78 is 0. The Morgan fingerprint density at radius 1 is 0.826 bits per heavy atom. The minimum Gasteiger partial charge on any atom is -0.264 e. The van der Waals surface area contributed by atoms with Crippen molar-refractivity contribution in [3.8, 4) is 22.8 Å². The fourth-order valence-corrected chi connectivity index (χ4v) is 2.54. The first-order valence-electron chi connectivity index (χ1n) is 7.41. The third kappa shape index (κ3) is 2.55. The second-order valence-electron chi connectivity index (χ2n) is 5.36. The van der Waals surface area contributed by atoms with Gasteiger partial charge in [-0.05, 0) is 24.6 Å². The summed E-state index contributed by atoms with van der Waals surface area (Å²) in [6.07, 6.45) is 5.28. The quantitative estimate of drug-likeness (QED) is 0.560. The fourth-order valence-electron chi connectivity index (χ4n) is 2.54. The van der Waals surface area contributed by atoms with Gasteiger partial charge in [0.1, 0.15) is 5.69 Å². The molecule has 0 aliphatic rings. The zero-order valence-corrected chi connectivity index (χ0v) is 12.6. The second-order valence-corrected chi connectivity index (χ2v) is 5.36. The summed E-state index contributed by atoms with van der Waals surface area (Å²) in [5.41, 5.74) is 4.82. The number of hydrogen-bond acceptors (Lipinski definition) is 4. The molecule has 4 rings (SSSR count). The second kappa shape index (κ2) is 5.57. The predicted molar refractivity (Wildman–Crippen MR) is 90.7 cm³/mol. The van der Waals surface area contributed by atoms with Crippen LogP contribution in [0.3, 0.4) is 0 Å². The Morgan fingerprint density at radius 3 is 2.57 bits per heavy atom. The average molecular weight is 298 g/mol. The van der Waals surface area contributed by atoms with Crippen molar-refractivity contribution in [2.24, 2.45) is 0 Å². The molecule has 23 heavy (non-hydrogen) atoms. The highest BCUT2D eigenvalue weighted by Crippen LogP contribution is 2.24. The van der Waals surface area contributed by atoms with Gasteiger partial charge in [-0.1, -0.05) is 36.4 Å². The first-order valence-corrected chi connectivity index (χ1v) is 7.41. The van der Waals surface area contributed by atoms with Crippen molar-refractivity contribution in [2.75, 3.05) is 0 Å². The third-order valence-corrected chi connectivity index (χ3v) is 3.75. The van der Waals surface area contributed by atoms with E-state index in [4.69, 9.17) is 4.98 Å². The van der Waals surface area contributed by atoms with E-state index >= 15 is 0 Å². The molecular weight excluding hydrogens is 284 g/mol. The number of pyridine rings is 2. The minimum atomic E-state index is 0.626. The summed E-state index contributed by atoms with van der Waals surface area (Å²) in [7, 11) is 0. The number of fused-ring (bicyclic) bond motifs is 1. The first kappa shape index (κ1) is 13.5. The molecule has 1 aromatic carbocycles. The number of nitrogens with zero attached hydrogens (tertiary/aromatic N) is 4. The Labute approximate surface area is 133 Å². The molecular formula is C19H14N4.